The minimum absolute atomic E-state index is 0.488. The summed E-state index contributed by atoms with van der Waals surface area (Å²) in [6, 6.07) is 45.1. The van der Waals surface area contributed by atoms with Crippen molar-refractivity contribution in [1.82, 2.24) is 39.5 Å². The highest BCUT2D eigenvalue weighted by molar-refractivity contribution is 7.80. The van der Waals surface area contributed by atoms with Crippen LogP contribution in [0.4, 0.5) is 0 Å². The molecule has 8 nitrogen and oxygen atoms in total. The minimum Gasteiger partial charge on any atom is -0.269 e. The number of aromatic nitrogens is 8. The van der Waals surface area contributed by atoms with E-state index in [9.17, 15) is 0 Å². The van der Waals surface area contributed by atoms with Gasteiger partial charge in [-0.2, -0.15) is 0 Å². The van der Waals surface area contributed by atoms with Crippen LogP contribution in [0.1, 0.15) is 0 Å². The molecule has 0 aliphatic rings. The number of rotatable bonds is 7. The largest absolute Gasteiger partial charge is 0.269 e. The van der Waals surface area contributed by atoms with Crippen molar-refractivity contribution in [1.29, 1.82) is 0 Å². The highest BCUT2D eigenvalue weighted by Crippen LogP contribution is 2.41. The van der Waals surface area contributed by atoms with Crippen LogP contribution in [0.15, 0.2) is 156 Å². The van der Waals surface area contributed by atoms with E-state index < -0.39 is 0 Å². The number of hydrogen-bond acceptors (Lipinski definition) is 8. The maximum atomic E-state index is 4.60. The van der Waals surface area contributed by atoms with E-state index in [2.05, 4.69) is 147 Å². The van der Waals surface area contributed by atoms with E-state index in [4.69, 9.17) is 0 Å². The summed E-state index contributed by atoms with van der Waals surface area (Å²) in [7, 11) is 0. The zero-order valence-corrected chi connectivity index (χ0v) is 27.1. The second-order valence-corrected chi connectivity index (χ2v) is 11.7. The van der Waals surface area contributed by atoms with Gasteiger partial charge in [0, 0.05) is 23.8 Å². The van der Waals surface area contributed by atoms with E-state index >= 15 is 0 Å². The smallest absolute Gasteiger partial charge is 0.193 e. The van der Waals surface area contributed by atoms with Crippen molar-refractivity contribution in [2.24, 2.45) is 0 Å². The lowest BCUT2D eigenvalue weighted by Crippen LogP contribution is -2.00. The van der Waals surface area contributed by atoms with Crippen molar-refractivity contribution >= 4 is 25.3 Å². The third-order valence-electron chi connectivity index (χ3n) is 8.08. The lowest BCUT2D eigenvalue weighted by Gasteiger charge is -2.17. The van der Waals surface area contributed by atoms with Gasteiger partial charge in [0.2, 0.25) is 0 Å². The number of hydrogen-bond donors (Lipinski definition) is 2. The summed E-state index contributed by atoms with van der Waals surface area (Å²) >= 11 is 9.19. The predicted octanol–water partition coefficient (Wildman–Crippen LogP) is 8.55. The summed E-state index contributed by atoms with van der Waals surface area (Å²) in [4.78, 5) is 8.94. The normalized spacial score (nSPS) is 11.1. The van der Waals surface area contributed by atoms with Crippen LogP contribution in [0.5, 0.6) is 0 Å². The molecule has 0 saturated heterocycles. The molecular weight excluding hydrogens is 633 g/mol. The van der Waals surface area contributed by atoms with Crippen LogP contribution in [0.2, 0.25) is 0 Å². The lowest BCUT2D eigenvalue weighted by molar-refractivity contribution is 0.891. The standard InChI is InChI=1S/C38H26N8S2/c47-37-43-41-35(32-13-4-6-23-39-32)45(37)28-19-15-25(16-20-28)30-11-8-12-31(34(30)27-9-2-1-3-10-27)26-17-21-29(22-18-26)46-36(42-44-38(46)48)33-14-5-7-24-40-33/h1-24H,(H,43,47)(H,44,48). The summed E-state index contributed by atoms with van der Waals surface area (Å²) in [6.45, 7) is 0. The van der Waals surface area contributed by atoms with Gasteiger partial charge in [-0.05, 0) is 81.9 Å². The van der Waals surface area contributed by atoms with E-state index in [-0.39, 0.29) is 0 Å². The molecule has 0 fully saturated rings. The highest BCUT2D eigenvalue weighted by Gasteiger charge is 2.18. The Kier molecular flexibility index (Phi) is 7.85. The average molecular weight is 659 g/mol. The molecule has 4 heterocycles. The van der Waals surface area contributed by atoms with Crippen LogP contribution in [0.25, 0.3) is 67.8 Å². The molecule has 0 aliphatic heterocycles. The molecule has 230 valence electrons. The van der Waals surface area contributed by atoms with E-state index in [1.54, 1.807) is 12.4 Å². The lowest BCUT2D eigenvalue weighted by atomic mass is 9.87. The van der Waals surface area contributed by atoms with Gasteiger partial charge in [-0.25, -0.2) is 0 Å². The Morgan fingerprint density at radius 1 is 0.396 bits per heavy atom. The summed E-state index contributed by atoms with van der Waals surface area (Å²) < 4.78 is 3.80. The van der Waals surface area contributed by atoms with E-state index in [0.717, 1.165) is 56.1 Å². The fraction of sp³-hybridized carbons (Fsp3) is 0. The van der Waals surface area contributed by atoms with Gasteiger partial charge in [0.25, 0.3) is 0 Å². The fourth-order valence-electron chi connectivity index (χ4n) is 5.88. The molecule has 4 aromatic heterocycles. The van der Waals surface area contributed by atoms with Crippen LogP contribution in [-0.4, -0.2) is 39.5 Å². The van der Waals surface area contributed by atoms with Crippen LogP contribution in [0.3, 0.4) is 0 Å². The Balaban J connectivity index is 1.20. The van der Waals surface area contributed by atoms with Gasteiger partial charge in [0.05, 0.1) is 0 Å². The SMILES string of the molecule is Sc1nnc(-c2ccccn2)n1-c1ccc(-c2cccc(-c3ccc(-n4c(S)nnc4-c4ccccn4)cc3)c2-c2ccccc2)cc1. The molecule has 0 radical (unpaired) electrons. The average Bonchev–Trinajstić information content (AvgIpc) is 3.74. The quantitative estimate of drug-likeness (QED) is 0.167. The van der Waals surface area contributed by atoms with E-state index in [0.29, 0.717) is 22.0 Å². The van der Waals surface area contributed by atoms with Gasteiger partial charge >= 0.3 is 0 Å². The van der Waals surface area contributed by atoms with E-state index in [1.165, 1.54) is 0 Å². The van der Waals surface area contributed by atoms with Crippen molar-refractivity contribution in [3.05, 3.63) is 146 Å². The number of thiol groups is 2. The Bertz CT molecular complexity index is 2190. The van der Waals surface area contributed by atoms with Gasteiger partial charge in [0.1, 0.15) is 11.4 Å². The first-order valence-corrected chi connectivity index (χ1v) is 16.1. The Labute approximate surface area is 287 Å². The molecule has 0 aliphatic carbocycles. The van der Waals surface area contributed by atoms with Crippen molar-refractivity contribution in [3.8, 4) is 67.8 Å². The van der Waals surface area contributed by atoms with Crippen molar-refractivity contribution in [2.45, 2.75) is 10.3 Å². The van der Waals surface area contributed by atoms with Crippen molar-refractivity contribution in [3.63, 3.8) is 0 Å². The molecule has 8 rings (SSSR count). The zero-order valence-electron chi connectivity index (χ0n) is 25.3. The fourth-order valence-corrected chi connectivity index (χ4v) is 6.39. The summed E-state index contributed by atoms with van der Waals surface area (Å²) in [5.41, 5.74) is 9.88. The topological polar surface area (TPSA) is 87.2 Å². The third-order valence-corrected chi connectivity index (χ3v) is 8.66. The first-order valence-electron chi connectivity index (χ1n) is 15.2. The molecule has 48 heavy (non-hydrogen) atoms. The van der Waals surface area contributed by atoms with Gasteiger partial charge in [-0.15, -0.1) is 45.7 Å². The molecule has 0 saturated carbocycles. The van der Waals surface area contributed by atoms with Crippen LogP contribution in [0, 0.1) is 0 Å². The summed E-state index contributed by atoms with van der Waals surface area (Å²) in [5, 5.41) is 18.1. The first-order chi connectivity index (χ1) is 23.7. The molecule has 0 N–H and O–H groups in total. The highest BCUT2D eigenvalue weighted by atomic mass is 32.1. The molecule has 8 aromatic rings. The van der Waals surface area contributed by atoms with Gasteiger partial charge in [0.15, 0.2) is 22.0 Å². The van der Waals surface area contributed by atoms with Crippen molar-refractivity contribution < 1.29 is 0 Å². The molecule has 10 heteroatoms. The monoisotopic (exact) mass is 658 g/mol. The molecule has 0 unspecified atom stereocenters. The molecular formula is C38H26N8S2. The van der Waals surface area contributed by atoms with Gasteiger partial charge in [-0.1, -0.05) is 84.9 Å². The van der Waals surface area contributed by atoms with Crippen molar-refractivity contribution in [2.75, 3.05) is 0 Å². The van der Waals surface area contributed by atoms with Gasteiger partial charge < -0.3 is 0 Å². The van der Waals surface area contributed by atoms with E-state index in [1.807, 2.05) is 51.6 Å². The van der Waals surface area contributed by atoms with Crippen LogP contribution >= 0.6 is 25.3 Å². The number of pyridine rings is 2. The first kappa shape index (κ1) is 29.6. The number of benzene rings is 4. The molecule has 4 aromatic carbocycles. The Morgan fingerprint density at radius 2 is 0.854 bits per heavy atom. The second-order valence-electron chi connectivity index (χ2n) is 10.9. The summed E-state index contributed by atoms with van der Waals surface area (Å²) in [6.07, 6.45) is 3.49. The zero-order chi connectivity index (χ0) is 32.5. The molecule has 0 atom stereocenters. The molecule has 0 amide bonds. The number of nitrogens with zero attached hydrogens (tertiary/aromatic N) is 8. The Morgan fingerprint density at radius 3 is 1.29 bits per heavy atom. The maximum absolute atomic E-state index is 4.60. The Hall–Kier alpha value is -5.84. The molecule has 0 spiro atoms. The van der Waals surface area contributed by atoms with Gasteiger partial charge in [-0.3, -0.25) is 19.1 Å². The van der Waals surface area contributed by atoms with Crippen LogP contribution in [-0.2, 0) is 0 Å². The minimum atomic E-state index is 0.488. The summed E-state index contributed by atoms with van der Waals surface area (Å²) in [5.74, 6) is 1.26. The second kappa shape index (κ2) is 12.7. The van der Waals surface area contributed by atoms with Crippen LogP contribution < -0.4 is 0 Å². The predicted molar refractivity (Wildman–Crippen MR) is 194 cm³/mol. The third kappa shape index (κ3) is 5.46. The molecule has 0 bridgehead atoms. The maximum Gasteiger partial charge on any atom is 0.193 e.